The smallest absolute Gasteiger partial charge is 0.0741 e. The molecule has 88 valence electrons. The fraction of sp³-hybridized carbons (Fsp3) is 0.118. The molecular weight excluding hydrogens is 218 g/mol. The SMILES string of the molecule is Cc1cc(-c2ccccc2)nc2c(C)cccc12. The van der Waals surface area contributed by atoms with Crippen molar-refractivity contribution in [2.75, 3.05) is 0 Å². The van der Waals surface area contributed by atoms with Gasteiger partial charge in [-0.1, -0.05) is 48.5 Å². The van der Waals surface area contributed by atoms with Crippen LogP contribution >= 0.6 is 0 Å². The van der Waals surface area contributed by atoms with Gasteiger partial charge in [0.05, 0.1) is 11.2 Å². The van der Waals surface area contributed by atoms with Crippen LogP contribution in [-0.2, 0) is 0 Å². The van der Waals surface area contributed by atoms with E-state index in [0.717, 1.165) is 11.2 Å². The Labute approximate surface area is 107 Å². The first-order valence-corrected chi connectivity index (χ1v) is 6.18. The van der Waals surface area contributed by atoms with Gasteiger partial charge in [0.1, 0.15) is 0 Å². The third kappa shape index (κ3) is 1.78. The van der Waals surface area contributed by atoms with Gasteiger partial charge in [-0.2, -0.15) is 0 Å². The second-order valence-corrected chi connectivity index (χ2v) is 4.66. The Morgan fingerprint density at radius 3 is 2.33 bits per heavy atom. The molecule has 0 atom stereocenters. The van der Waals surface area contributed by atoms with Crippen molar-refractivity contribution in [3.05, 3.63) is 65.7 Å². The summed E-state index contributed by atoms with van der Waals surface area (Å²) >= 11 is 0. The van der Waals surface area contributed by atoms with Gasteiger partial charge in [0.25, 0.3) is 0 Å². The Balaban J connectivity index is 2.31. The van der Waals surface area contributed by atoms with Crippen molar-refractivity contribution >= 4 is 10.9 Å². The summed E-state index contributed by atoms with van der Waals surface area (Å²) < 4.78 is 0. The lowest BCUT2D eigenvalue weighted by atomic mass is 10.0. The Morgan fingerprint density at radius 1 is 0.778 bits per heavy atom. The Bertz CT molecular complexity index is 699. The molecule has 0 unspecified atom stereocenters. The monoisotopic (exact) mass is 233 g/mol. The zero-order valence-electron chi connectivity index (χ0n) is 10.6. The molecule has 0 amide bonds. The number of hydrogen-bond donors (Lipinski definition) is 0. The van der Waals surface area contributed by atoms with Gasteiger partial charge in [-0.25, -0.2) is 4.98 Å². The van der Waals surface area contributed by atoms with E-state index in [4.69, 9.17) is 4.98 Å². The van der Waals surface area contributed by atoms with E-state index in [2.05, 4.69) is 50.2 Å². The van der Waals surface area contributed by atoms with Gasteiger partial charge in [-0.15, -0.1) is 0 Å². The second-order valence-electron chi connectivity index (χ2n) is 4.66. The summed E-state index contributed by atoms with van der Waals surface area (Å²) in [7, 11) is 0. The molecule has 0 aliphatic carbocycles. The normalized spacial score (nSPS) is 10.8. The molecule has 0 aliphatic heterocycles. The molecule has 1 nitrogen and oxygen atoms in total. The Kier molecular flexibility index (Phi) is 2.60. The summed E-state index contributed by atoms with van der Waals surface area (Å²) in [6.45, 7) is 4.26. The van der Waals surface area contributed by atoms with E-state index in [9.17, 15) is 0 Å². The summed E-state index contributed by atoms with van der Waals surface area (Å²) in [6, 6.07) is 18.8. The average molecular weight is 233 g/mol. The van der Waals surface area contributed by atoms with Crippen LogP contribution < -0.4 is 0 Å². The number of fused-ring (bicyclic) bond motifs is 1. The highest BCUT2D eigenvalue weighted by Gasteiger charge is 2.05. The highest BCUT2D eigenvalue weighted by atomic mass is 14.7. The number of aryl methyl sites for hydroxylation is 2. The van der Waals surface area contributed by atoms with Gasteiger partial charge in [-0.05, 0) is 31.0 Å². The van der Waals surface area contributed by atoms with Gasteiger partial charge in [0.15, 0.2) is 0 Å². The topological polar surface area (TPSA) is 12.9 Å². The minimum absolute atomic E-state index is 1.05. The predicted octanol–water partition coefficient (Wildman–Crippen LogP) is 4.52. The zero-order valence-corrected chi connectivity index (χ0v) is 10.6. The van der Waals surface area contributed by atoms with Crippen LogP contribution in [0.1, 0.15) is 11.1 Å². The quantitative estimate of drug-likeness (QED) is 0.602. The lowest BCUT2D eigenvalue weighted by molar-refractivity contribution is 1.33. The Morgan fingerprint density at radius 2 is 1.56 bits per heavy atom. The second kappa shape index (κ2) is 4.26. The third-order valence-corrected chi connectivity index (χ3v) is 3.32. The van der Waals surface area contributed by atoms with Crippen LogP contribution in [0.15, 0.2) is 54.6 Å². The standard InChI is InChI=1S/C17H15N/c1-12-7-6-10-15-13(2)11-16(18-17(12)15)14-8-4-3-5-9-14/h3-11H,1-2H3. The van der Waals surface area contributed by atoms with Crippen molar-refractivity contribution < 1.29 is 0 Å². The number of nitrogens with zero attached hydrogens (tertiary/aromatic N) is 1. The van der Waals surface area contributed by atoms with Crippen LogP contribution in [0.2, 0.25) is 0 Å². The number of pyridine rings is 1. The van der Waals surface area contributed by atoms with Crippen LogP contribution in [0.5, 0.6) is 0 Å². The molecule has 0 bridgehead atoms. The van der Waals surface area contributed by atoms with E-state index in [1.807, 2.05) is 18.2 Å². The van der Waals surface area contributed by atoms with Gasteiger partial charge in [0, 0.05) is 10.9 Å². The van der Waals surface area contributed by atoms with Gasteiger partial charge in [-0.3, -0.25) is 0 Å². The van der Waals surface area contributed by atoms with Gasteiger partial charge >= 0.3 is 0 Å². The molecular formula is C17H15N. The largest absolute Gasteiger partial charge is 0.247 e. The van der Waals surface area contributed by atoms with Crippen molar-refractivity contribution in [3.63, 3.8) is 0 Å². The molecule has 1 heteroatoms. The molecule has 0 saturated heterocycles. The number of para-hydroxylation sites is 1. The maximum absolute atomic E-state index is 4.81. The van der Waals surface area contributed by atoms with Crippen LogP contribution in [0, 0.1) is 13.8 Å². The fourth-order valence-electron chi connectivity index (χ4n) is 2.32. The van der Waals surface area contributed by atoms with E-state index < -0.39 is 0 Å². The molecule has 18 heavy (non-hydrogen) atoms. The molecule has 0 saturated carbocycles. The first kappa shape index (κ1) is 11.0. The number of benzene rings is 2. The fourth-order valence-corrected chi connectivity index (χ4v) is 2.32. The molecule has 1 heterocycles. The lowest BCUT2D eigenvalue weighted by Gasteiger charge is -2.08. The maximum Gasteiger partial charge on any atom is 0.0741 e. The highest BCUT2D eigenvalue weighted by Crippen LogP contribution is 2.25. The van der Waals surface area contributed by atoms with Crippen LogP contribution in [0.4, 0.5) is 0 Å². The van der Waals surface area contributed by atoms with Crippen molar-refractivity contribution in [1.82, 2.24) is 4.98 Å². The third-order valence-electron chi connectivity index (χ3n) is 3.32. The number of hydrogen-bond acceptors (Lipinski definition) is 1. The first-order valence-electron chi connectivity index (χ1n) is 6.18. The maximum atomic E-state index is 4.81. The molecule has 0 aliphatic rings. The minimum Gasteiger partial charge on any atom is -0.247 e. The van der Waals surface area contributed by atoms with E-state index in [-0.39, 0.29) is 0 Å². The molecule has 0 fully saturated rings. The van der Waals surface area contributed by atoms with E-state index in [1.165, 1.54) is 22.1 Å². The summed E-state index contributed by atoms with van der Waals surface area (Å²) in [5, 5.41) is 1.25. The van der Waals surface area contributed by atoms with Crippen molar-refractivity contribution in [2.45, 2.75) is 13.8 Å². The summed E-state index contributed by atoms with van der Waals surface area (Å²) in [4.78, 5) is 4.81. The molecule has 3 rings (SSSR count). The molecule has 0 spiro atoms. The van der Waals surface area contributed by atoms with Crippen LogP contribution in [-0.4, -0.2) is 4.98 Å². The predicted molar refractivity (Wildman–Crippen MR) is 76.7 cm³/mol. The molecule has 0 N–H and O–H groups in total. The highest BCUT2D eigenvalue weighted by molar-refractivity contribution is 5.87. The molecule has 2 aromatic carbocycles. The number of aromatic nitrogens is 1. The molecule has 0 radical (unpaired) electrons. The van der Waals surface area contributed by atoms with Gasteiger partial charge in [0.2, 0.25) is 0 Å². The van der Waals surface area contributed by atoms with Crippen LogP contribution in [0.25, 0.3) is 22.2 Å². The molecule has 1 aromatic heterocycles. The van der Waals surface area contributed by atoms with Crippen molar-refractivity contribution in [3.8, 4) is 11.3 Å². The summed E-state index contributed by atoms with van der Waals surface area (Å²) in [5.74, 6) is 0. The van der Waals surface area contributed by atoms with E-state index in [0.29, 0.717) is 0 Å². The lowest BCUT2D eigenvalue weighted by Crippen LogP contribution is -1.90. The Hall–Kier alpha value is -2.15. The number of rotatable bonds is 1. The minimum atomic E-state index is 1.05. The summed E-state index contributed by atoms with van der Waals surface area (Å²) in [6.07, 6.45) is 0. The van der Waals surface area contributed by atoms with Crippen molar-refractivity contribution in [2.24, 2.45) is 0 Å². The molecule has 3 aromatic rings. The first-order chi connectivity index (χ1) is 8.75. The zero-order chi connectivity index (χ0) is 12.5. The van der Waals surface area contributed by atoms with Crippen molar-refractivity contribution in [1.29, 1.82) is 0 Å². The van der Waals surface area contributed by atoms with E-state index >= 15 is 0 Å². The average Bonchev–Trinajstić information content (AvgIpc) is 2.41. The van der Waals surface area contributed by atoms with Gasteiger partial charge < -0.3 is 0 Å². The summed E-state index contributed by atoms with van der Waals surface area (Å²) in [5.41, 5.74) is 5.84. The van der Waals surface area contributed by atoms with E-state index in [1.54, 1.807) is 0 Å². The van der Waals surface area contributed by atoms with Crippen LogP contribution in [0.3, 0.4) is 0 Å².